The van der Waals surface area contributed by atoms with Crippen LogP contribution in [0.4, 0.5) is 13.2 Å². The summed E-state index contributed by atoms with van der Waals surface area (Å²) in [5.41, 5.74) is -1.20. The number of rotatable bonds is 4. The highest BCUT2D eigenvalue weighted by atomic mass is 19.4. The first kappa shape index (κ1) is 17.2. The summed E-state index contributed by atoms with van der Waals surface area (Å²) in [6.07, 6.45) is -2.85. The van der Waals surface area contributed by atoms with Gasteiger partial charge in [0.1, 0.15) is 5.60 Å². The minimum absolute atomic E-state index is 0.117. The Labute approximate surface area is 143 Å². The summed E-state index contributed by atoms with van der Waals surface area (Å²) >= 11 is 0. The van der Waals surface area contributed by atoms with Gasteiger partial charge in [0.25, 0.3) is 0 Å². The minimum atomic E-state index is -4.48. The Bertz CT molecular complexity index is 834. The molecule has 0 aliphatic carbocycles. The number of halogens is 3. The number of benzene rings is 2. The molecule has 0 saturated heterocycles. The Morgan fingerprint density at radius 3 is 2.12 bits per heavy atom. The zero-order chi connectivity index (χ0) is 17.9. The second-order valence-corrected chi connectivity index (χ2v) is 5.82. The van der Waals surface area contributed by atoms with E-state index in [0.29, 0.717) is 5.69 Å². The van der Waals surface area contributed by atoms with Crippen molar-refractivity contribution in [2.24, 2.45) is 0 Å². The molecular formula is C20H16F3NO. The van der Waals surface area contributed by atoms with Gasteiger partial charge >= 0.3 is 6.18 Å². The van der Waals surface area contributed by atoms with Crippen LogP contribution in [-0.4, -0.2) is 10.1 Å². The summed E-state index contributed by atoms with van der Waals surface area (Å²) < 4.78 is 39.3. The first-order valence-electron chi connectivity index (χ1n) is 7.75. The van der Waals surface area contributed by atoms with Crippen molar-refractivity contribution in [3.63, 3.8) is 0 Å². The number of hydrogen-bond donors (Lipinski definition) is 1. The van der Waals surface area contributed by atoms with Crippen LogP contribution in [-0.2, 0) is 18.2 Å². The highest BCUT2D eigenvalue weighted by Gasteiger charge is 2.36. The van der Waals surface area contributed by atoms with Crippen molar-refractivity contribution in [1.82, 2.24) is 4.98 Å². The van der Waals surface area contributed by atoms with Crippen LogP contribution in [0.1, 0.15) is 22.4 Å². The lowest BCUT2D eigenvalue weighted by molar-refractivity contribution is -0.137. The van der Waals surface area contributed by atoms with Crippen molar-refractivity contribution in [2.45, 2.75) is 18.2 Å². The Morgan fingerprint density at radius 1 is 0.800 bits per heavy atom. The van der Waals surface area contributed by atoms with Gasteiger partial charge in [0.2, 0.25) is 0 Å². The summed E-state index contributed by atoms with van der Waals surface area (Å²) in [7, 11) is 0. The lowest BCUT2D eigenvalue weighted by atomic mass is 9.83. The summed E-state index contributed by atoms with van der Waals surface area (Å²) in [5, 5.41) is 11.4. The third kappa shape index (κ3) is 3.72. The van der Waals surface area contributed by atoms with Crippen LogP contribution >= 0.6 is 0 Å². The van der Waals surface area contributed by atoms with Gasteiger partial charge in [0.05, 0.1) is 11.3 Å². The van der Waals surface area contributed by atoms with E-state index in [4.69, 9.17) is 0 Å². The van der Waals surface area contributed by atoms with Gasteiger partial charge in [-0.05, 0) is 35.4 Å². The molecule has 0 aliphatic heterocycles. The predicted molar refractivity (Wildman–Crippen MR) is 88.8 cm³/mol. The Balaban J connectivity index is 2.12. The number of nitrogens with zero attached hydrogens (tertiary/aromatic N) is 1. The molecule has 2 aromatic carbocycles. The van der Waals surface area contributed by atoms with Gasteiger partial charge in [-0.2, -0.15) is 13.2 Å². The molecule has 0 fully saturated rings. The van der Waals surface area contributed by atoms with Crippen molar-refractivity contribution < 1.29 is 18.3 Å². The van der Waals surface area contributed by atoms with Gasteiger partial charge in [-0.15, -0.1) is 0 Å². The number of aromatic nitrogens is 1. The fourth-order valence-electron chi connectivity index (χ4n) is 2.79. The average molecular weight is 343 g/mol. The zero-order valence-corrected chi connectivity index (χ0v) is 13.2. The molecule has 1 heterocycles. The molecule has 1 unspecified atom stereocenters. The first-order valence-corrected chi connectivity index (χ1v) is 7.75. The monoisotopic (exact) mass is 343 g/mol. The largest absolute Gasteiger partial charge is 0.416 e. The molecule has 25 heavy (non-hydrogen) atoms. The Kier molecular flexibility index (Phi) is 4.59. The maximum Gasteiger partial charge on any atom is 0.416 e. The number of aliphatic hydroxyl groups is 1. The predicted octanol–water partition coefficient (Wildman–Crippen LogP) is 4.58. The first-order chi connectivity index (χ1) is 11.9. The fourth-order valence-corrected chi connectivity index (χ4v) is 2.79. The van der Waals surface area contributed by atoms with Crippen molar-refractivity contribution in [2.75, 3.05) is 0 Å². The lowest BCUT2D eigenvalue weighted by Gasteiger charge is -2.29. The van der Waals surface area contributed by atoms with E-state index in [1.165, 1.54) is 18.3 Å². The maximum atomic E-state index is 13.1. The summed E-state index contributed by atoms with van der Waals surface area (Å²) in [6, 6.07) is 18.9. The van der Waals surface area contributed by atoms with E-state index < -0.39 is 17.3 Å². The van der Waals surface area contributed by atoms with Crippen LogP contribution in [0.5, 0.6) is 0 Å². The quantitative estimate of drug-likeness (QED) is 0.752. The molecule has 0 spiro atoms. The second-order valence-electron chi connectivity index (χ2n) is 5.82. The molecule has 1 N–H and O–H groups in total. The molecule has 3 rings (SSSR count). The third-order valence-electron chi connectivity index (χ3n) is 4.06. The van der Waals surface area contributed by atoms with E-state index >= 15 is 0 Å². The van der Waals surface area contributed by atoms with Crippen LogP contribution in [0.2, 0.25) is 0 Å². The molecule has 0 saturated carbocycles. The summed E-state index contributed by atoms with van der Waals surface area (Å²) in [6.45, 7) is 0. The standard InChI is InChI=1S/C20H16F3NO/c21-20(22,23)17-10-6-9-16(13-17)19(25,18-11-4-5-12-24-18)14-15-7-2-1-3-8-15/h1-13,25H,14H2. The van der Waals surface area contributed by atoms with E-state index in [0.717, 1.165) is 17.7 Å². The zero-order valence-electron chi connectivity index (χ0n) is 13.2. The molecule has 0 radical (unpaired) electrons. The Hall–Kier alpha value is -2.66. The lowest BCUT2D eigenvalue weighted by Crippen LogP contribution is -2.31. The molecule has 0 aliphatic rings. The molecule has 1 atom stereocenters. The highest BCUT2D eigenvalue weighted by molar-refractivity contribution is 5.38. The molecular weight excluding hydrogens is 327 g/mol. The van der Waals surface area contributed by atoms with E-state index in [1.54, 1.807) is 18.2 Å². The molecule has 5 heteroatoms. The van der Waals surface area contributed by atoms with Crippen LogP contribution < -0.4 is 0 Å². The second kappa shape index (κ2) is 6.69. The van der Waals surface area contributed by atoms with Gasteiger partial charge in [0.15, 0.2) is 0 Å². The van der Waals surface area contributed by atoms with Gasteiger partial charge in [-0.1, -0.05) is 48.5 Å². The molecule has 128 valence electrons. The van der Waals surface area contributed by atoms with E-state index in [2.05, 4.69) is 4.98 Å². The summed E-state index contributed by atoms with van der Waals surface area (Å²) in [4.78, 5) is 4.18. The van der Waals surface area contributed by atoms with Crippen LogP contribution in [0.15, 0.2) is 79.0 Å². The van der Waals surface area contributed by atoms with E-state index in [-0.39, 0.29) is 12.0 Å². The maximum absolute atomic E-state index is 13.1. The molecule has 3 aromatic rings. The van der Waals surface area contributed by atoms with Gasteiger partial charge < -0.3 is 5.11 Å². The topological polar surface area (TPSA) is 33.1 Å². The smallest absolute Gasteiger partial charge is 0.378 e. The molecule has 0 amide bonds. The van der Waals surface area contributed by atoms with Crippen molar-refractivity contribution >= 4 is 0 Å². The normalized spacial score (nSPS) is 14.1. The minimum Gasteiger partial charge on any atom is -0.378 e. The van der Waals surface area contributed by atoms with Crippen LogP contribution in [0, 0.1) is 0 Å². The van der Waals surface area contributed by atoms with Gasteiger partial charge in [-0.25, -0.2) is 0 Å². The number of hydrogen-bond acceptors (Lipinski definition) is 2. The number of pyridine rings is 1. The molecule has 2 nitrogen and oxygen atoms in total. The van der Waals surface area contributed by atoms with Crippen LogP contribution in [0.3, 0.4) is 0 Å². The van der Waals surface area contributed by atoms with Crippen molar-refractivity contribution in [3.05, 3.63) is 101 Å². The van der Waals surface area contributed by atoms with E-state index in [9.17, 15) is 18.3 Å². The van der Waals surface area contributed by atoms with Gasteiger partial charge in [-0.3, -0.25) is 4.98 Å². The molecule has 0 bridgehead atoms. The fraction of sp³-hybridized carbons (Fsp3) is 0.150. The van der Waals surface area contributed by atoms with E-state index in [1.807, 2.05) is 30.3 Å². The van der Waals surface area contributed by atoms with Crippen LogP contribution in [0.25, 0.3) is 0 Å². The Morgan fingerprint density at radius 2 is 1.48 bits per heavy atom. The summed E-state index contributed by atoms with van der Waals surface area (Å²) in [5.74, 6) is 0. The van der Waals surface area contributed by atoms with Crippen molar-refractivity contribution in [1.29, 1.82) is 0 Å². The average Bonchev–Trinajstić information content (AvgIpc) is 2.62. The SMILES string of the molecule is OC(Cc1ccccc1)(c1cccc(C(F)(F)F)c1)c1ccccn1. The molecule has 1 aromatic heterocycles. The van der Waals surface area contributed by atoms with Gasteiger partial charge in [0, 0.05) is 12.6 Å². The number of alkyl halides is 3. The third-order valence-corrected chi connectivity index (χ3v) is 4.06. The highest BCUT2D eigenvalue weighted by Crippen LogP contribution is 2.36. The van der Waals surface area contributed by atoms with Crippen molar-refractivity contribution in [3.8, 4) is 0 Å².